The van der Waals surface area contributed by atoms with Gasteiger partial charge in [-0.05, 0) is 12.2 Å². The van der Waals surface area contributed by atoms with Gasteiger partial charge in [0, 0.05) is 17.1 Å². The van der Waals surface area contributed by atoms with Gasteiger partial charge >= 0.3 is 0 Å². The first kappa shape index (κ1) is 9.62. The SMILES string of the molecule is S=c1nc(-c2ccccc2)n2ccsc2n1. The van der Waals surface area contributed by atoms with Crippen molar-refractivity contribution >= 4 is 28.5 Å². The lowest BCUT2D eigenvalue weighted by atomic mass is 10.2. The first-order valence-corrected chi connectivity index (χ1v) is 6.03. The number of hydrogen-bond acceptors (Lipinski definition) is 4. The van der Waals surface area contributed by atoms with Crippen molar-refractivity contribution in [2.75, 3.05) is 0 Å². The Morgan fingerprint density at radius 2 is 1.94 bits per heavy atom. The van der Waals surface area contributed by atoms with Crippen molar-refractivity contribution in [2.45, 2.75) is 0 Å². The summed E-state index contributed by atoms with van der Waals surface area (Å²) in [5.74, 6) is 0.844. The predicted octanol–water partition coefficient (Wildman–Crippen LogP) is 3.19. The minimum Gasteiger partial charge on any atom is -0.276 e. The van der Waals surface area contributed by atoms with Gasteiger partial charge < -0.3 is 0 Å². The molecule has 0 aliphatic carbocycles. The highest BCUT2D eigenvalue weighted by Crippen LogP contribution is 2.19. The van der Waals surface area contributed by atoms with Gasteiger partial charge in [0.15, 0.2) is 4.96 Å². The lowest BCUT2D eigenvalue weighted by Gasteiger charge is -2.03. The van der Waals surface area contributed by atoms with Crippen molar-refractivity contribution in [3.8, 4) is 11.4 Å². The van der Waals surface area contributed by atoms with Crippen molar-refractivity contribution in [2.24, 2.45) is 0 Å². The molecule has 0 fully saturated rings. The highest BCUT2D eigenvalue weighted by atomic mass is 32.1. The van der Waals surface area contributed by atoms with Gasteiger partial charge in [-0.25, -0.2) is 0 Å². The van der Waals surface area contributed by atoms with Gasteiger partial charge in [0.05, 0.1) is 0 Å². The van der Waals surface area contributed by atoms with Gasteiger partial charge in [0.25, 0.3) is 0 Å². The van der Waals surface area contributed by atoms with Crippen LogP contribution in [0.15, 0.2) is 41.9 Å². The summed E-state index contributed by atoms with van der Waals surface area (Å²) >= 11 is 6.62. The largest absolute Gasteiger partial charge is 0.276 e. The fourth-order valence-corrected chi connectivity index (χ4v) is 2.49. The molecule has 3 rings (SSSR count). The van der Waals surface area contributed by atoms with Crippen LogP contribution in [0.4, 0.5) is 0 Å². The van der Waals surface area contributed by atoms with Crippen molar-refractivity contribution in [1.29, 1.82) is 0 Å². The van der Waals surface area contributed by atoms with E-state index < -0.39 is 0 Å². The zero-order valence-corrected chi connectivity index (χ0v) is 9.83. The van der Waals surface area contributed by atoms with E-state index in [1.165, 1.54) is 0 Å². The minimum absolute atomic E-state index is 0.390. The normalized spacial score (nSPS) is 10.8. The number of hydrogen-bond donors (Lipinski definition) is 0. The molecule has 0 saturated heterocycles. The van der Waals surface area contributed by atoms with Crippen LogP contribution in [0.1, 0.15) is 0 Å². The Morgan fingerprint density at radius 1 is 1.12 bits per heavy atom. The van der Waals surface area contributed by atoms with Crippen LogP contribution in [0.25, 0.3) is 16.3 Å². The van der Waals surface area contributed by atoms with Gasteiger partial charge in [-0.15, -0.1) is 11.3 Å². The highest BCUT2D eigenvalue weighted by Gasteiger charge is 2.05. The second kappa shape index (κ2) is 3.77. The summed E-state index contributed by atoms with van der Waals surface area (Å²) in [5, 5.41) is 1.98. The molecular weight excluding hydrogens is 238 g/mol. The van der Waals surface area contributed by atoms with Crippen molar-refractivity contribution in [3.63, 3.8) is 0 Å². The Bertz CT molecular complexity index is 685. The second-order valence-corrected chi connectivity index (χ2v) is 4.49. The van der Waals surface area contributed by atoms with Crippen LogP contribution in [0, 0.1) is 4.77 Å². The molecule has 0 amide bonds. The smallest absolute Gasteiger partial charge is 0.223 e. The summed E-state index contributed by atoms with van der Waals surface area (Å²) in [6, 6.07) is 9.98. The van der Waals surface area contributed by atoms with Crippen LogP contribution < -0.4 is 0 Å². The Kier molecular flexibility index (Phi) is 2.27. The van der Waals surface area contributed by atoms with Crippen molar-refractivity contribution in [1.82, 2.24) is 14.4 Å². The molecule has 78 valence electrons. The molecule has 0 aliphatic rings. The molecule has 0 saturated carbocycles. The van der Waals surface area contributed by atoms with Crippen LogP contribution in [0.3, 0.4) is 0 Å². The number of thiazole rings is 1. The number of nitrogens with zero attached hydrogens (tertiary/aromatic N) is 3. The Hall–Kier alpha value is -1.59. The topological polar surface area (TPSA) is 30.2 Å². The molecule has 0 aliphatic heterocycles. The summed E-state index contributed by atoms with van der Waals surface area (Å²) in [6.07, 6.45) is 1.96. The molecule has 5 heteroatoms. The quantitative estimate of drug-likeness (QED) is 0.617. The molecule has 3 nitrogen and oxygen atoms in total. The van der Waals surface area contributed by atoms with Gasteiger partial charge in [-0.2, -0.15) is 9.97 Å². The van der Waals surface area contributed by atoms with Crippen LogP contribution in [0.5, 0.6) is 0 Å². The maximum atomic E-state index is 5.06. The van der Waals surface area contributed by atoms with E-state index in [0.29, 0.717) is 4.77 Å². The maximum Gasteiger partial charge on any atom is 0.223 e. The molecule has 2 aromatic heterocycles. The van der Waals surface area contributed by atoms with Crippen LogP contribution in [-0.2, 0) is 0 Å². The van der Waals surface area contributed by atoms with E-state index in [0.717, 1.165) is 16.3 Å². The predicted molar refractivity (Wildman–Crippen MR) is 67.1 cm³/mol. The van der Waals surface area contributed by atoms with Gasteiger partial charge in [0.2, 0.25) is 4.77 Å². The van der Waals surface area contributed by atoms with Gasteiger partial charge in [-0.1, -0.05) is 30.3 Å². The summed E-state index contributed by atoms with van der Waals surface area (Å²) in [6.45, 7) is 0. The summed E-state index contributed by atoms with van der Waals surface area (Å²) in [7, 11) is 0. The zero-order chi connectivity index (χ0) is 11.0. The maximum absolute atomic E-state index is 5.06. The van der Waals surface area contributed by atoms with E-state index in [9.17, 15) is 0 Å². The monoisotopic (exact) mass is 245 g/mol. The zero-order valence-electron chi connectivity index (χ0n) is 8.20. The summed E-state index contributed by atoms with van der Waals surface area (Å²) in [5.41, 5.74) is 1.05. The van der Waals surface area contributed by atoms with E-state index in [-0.39, 0.29) is 0 Å². The highest BCUT2D eigenvalue weighted by molar-refractivity contribution is 7.71. The van der Waals surface area contributed by atoms with Gasteiger partial charge in [0.1, 0.15) is 5.82 Å². The van der Waals surface area contributed by atoms with Crippen LogP contribution in [-0.4, -0.2) is 14.4 Å². The van der Waals surface area contributed by atoms with E-state index >= 15 is 0 Å². The second-order valence-electron chi connectivity index (χ2n) is 3.25. The van der Waals surface area contributed by atoms with Crippen molar-refractivity contribution in [3.05, 3.63) is 46.7 Å². The van der Waals surface area contributed by atoms with E-state index in [4.69, 9.17) is 12.2 Å². The fraction of sp³-hybridized carbons (Fsp3) is 0. The molecular formula is C11H7N3S2. The lowest BCUT2D eigenvalue weighted by molar-refractivity contribution is 1.03. The average Bonchev–Trinajstić information content (AvgIpc) is 2.77. The Morgan fingerprint density at radius 3 is 2.75 bits per heavy atom. The summed E-state index contributed by atoms with van der Waals surface area (Å²) in [4.78, 5) is 9.40. The third-order valence-electron chi connectivity index (χ3n) is 2.24. The Balaban J connectivity index is 2.39. The molecule has 0 bridgehead atoms. The molecule has 0 spiro atoms. The third-order valence-corrected chi connectivity index (χ3v) is 3.18. The molecule has 0 N–H and O–H groups in total. The van der Waals surface area contributed by atoms with E-state index in [1.807, 2.05) is 46.3 Å². The molecule has 0 unspecified atom stereocenters. The average molecular weight is 245 g/mol. The van der Waals surface area contributed by atoms with E-state index in [1.54, 1.807) is 11.3 Å². The molecule has 0 atom stereocenters. The summed E-state index contributed by atoms with van der Waals surface area (Å²) < 4.78 is 2.34. The first-order valence-electron chi connectivity index (χ1n) is 4.74. The molecule has 1 aromatic carbocycles. The van der Waals surface area contributed by atoms with Crippen LogP contribution in [0.2, 0.25) is 0 Å². The first-order chi connectivity index (χ1) is 7.84. The number of aromatic nitrogens is 3. The molecule has 0 radical (unpaired) electrons. The molecule has 2 heterocycles. The molecule has 16 heavy (non-hydrogen) atoms. The lowest BCUT2D eigenvalue weighted by Crippen LogP contribution is -1.96. The number of benzene rings is 1. The molecule has 3 aromatic rings. The van der Waals surface area contributed by atoms with Crippen molar-refractivity contribution < 1.29 is 0 Å². The van der Waals surface area contributed by atoms with Crippen LogP contribution >= 0.6 is 23.6 Å². The standard InChI is InChI=1S/C11H7N3S2/c15-10-12-9(8-4-2-1-3-5-8)14-6-7-16-11(14)13-10/h1-7H. The van der Waals surface area contributed by atoms with Gasteiger partial charge in [-0.3, -0.25) is 4.40 Å². The minimum atomic E-state index is 0.390. The number of rotatable bonds is 1. The number of fused-ring (bicyclic) bond motifs is 1. The Labute approximate surface area is 101 Å². The van der Waals surface area contributed by atoms with E-state index in [2.05, 4.69) is 9.97 Å². The third kappa shape index (κ3) is 1.54. The fourth-order valence-electron chi connectivity index (χ4n) is 1.56.